The van der Waals surface area contributed by atoms with Crippen LogP contribution in [-0.4, -0.2) is 34.4 Å². The van der Waals surface area contributed by atoms with Gasteiger partial charge in [-0.05, 0) is 31.0 Å². The molecule has 2 atom stereocenters. The second kappa shape index (κ2) is 5.19. The van der Waals surface area contributed by atoms with E-state index in [1.54, 1.807) is 6.26 Å². The van der Waals surface area contributed by atoms with Crippen LogP contribution in [0.15, 0.2) is 33.4 Å². The third kappa shape index (κ3) is 2.72. The fourth-order valence-corrected chi connectivity index (χ4v) is 2.41. The highest BCUT2D eigenvalue weighted by Crippen LogP contribution is 2.23. The molecule has 0 saturated carbocycles. The van der Waals surface area contributed by atoms with Gasteiger partial charge in [0, 0.05) is 19.2 Å². The number of aliphatic hydroxyl groups excluding tert-OH is 1. The Kier molecular flexibility index (Phi) is 3.40. The van der Waals surface area contributed by atoms with Crippen molar-refractivity contribution in [2.45, 2.75) is 26.0 Å². The van der Waals surface area contributed by atoms with Gasteiger partial charge in [-0.2, -0.15) is 0 Å². The van der Waals surface area contributed by atoms with Crippen LogP contribution in [0.5, 0.6) is 0 Å². The molecule has 0 radical (unpaired) electrons. The third-order valence-electron chi connectivity index (χ3n) is 3.71. The fraction of sp³-hybridized carbons (Fsp3) is 0.500. The number of aliphatic hydroxyl groups is 1. The lowest BCUT2D eigenvalue weighted by molar-refractivity contribution is 0.0251. The molecule has 5 heteroatoms. The van der Waals surface area contributed by atoms with Gasteiger partial charge in [0.1, 0.15) is 0 Å². The maximum absolute atomic E-state index is 9.88. The summed E-state index contributed by atoms with van der Waals surface area (Å²) >= 11 is 0. The van der Waals surface area contributed by atoms with Crippen molar-refractivity contribution in [1.82, 2.24) is 10.1 Å². The quantitative estimate of drug-likeness (QED) is 0.918. The van der Waals surface area contributed by atoms with Gasteiger partial charge in [0.05, 0.1) is 18.1 Å². The van der Waals surface area contributed by atoms with Gasteiger partial charge in [-0.1, -0.05) is 12.1 Å². The molecule has 1 fully saturated rings. The van der Waals surface area contributed by atoms with E-state index in [0.29, 0.717) is 30.5 Å². The molecule has 2 unspecified atom stereocenters. The van der Waals surface area contributed by atoms with Crippen LogP contribution in [0.2, 0.25) is 0 Å². The summed E-state index contributed by atoms with van der Waals surface area (Å²) in [5, 5.41) is 13.9. The normalized spacial score (nSPS) is 24.7. The zero-order valence-electron chi connectivity index (χ0n) is 11.0. The largest absolute Gasteiger partial charge is 0.461 e. The molecule has 1 aliphatic rings. The minimum Gasteiger partial charge on any atom is -0.461 e. The topological polar surface area (TPSA) is 62.6 Å². The number of β-amino-alcohol motifs (C(OH)–C–C–N with tert-alkyl or cyclic N) is 1. The van der Waals surface area contributed by atoms with Crippen molar-refractivity contribution in [2.75, 3.05) is 13.1 Å². The van der Waals surface area contributed by atoms with Crippen LogP contribution in [0.4, 0.5) is 0 Å². The molecular formula is C14H18N2O3. The van der Waals surface area contributed by atoms with Crippen molar-refractivity contribution in [3.05, 3.63) is 30.2 Å². The second-order valence-electron chi connectivity index (χ2n) is 5.23. The first-order chi connectivity index (χ1) is 9.22. The Morgan fingerprint density at radius 1 is 1.47 bits per heavy atom. The van der Waals surface area contributed by atoms with Crippen molar-refractivity contribution >= 4 is 0 Å². The first-order valence-electron chi connectivity index (χ1n) is 6.62. The number of furan rings is 1. The Morgan fingerprint density at radius 3 is 3.11 bits per heavy atom. The maximum atomic E-state index is 9.88. The molecule has 3 rings (SSSR count). The average Bonchev–Trinajstić information content (AvgIpc) is 3.04. The predicted octanol–water partition coefficient (Wildman–Crippen LogP) is 2.14. The van der Waals surface area contributed by atoms with E-state index in [1.165, 1.54) is 0 Å². The molecule has 1 saturated heterocycles. The SMILES string of the molecule is CC1CCN(Cc2cc(-c3ccco3)on2)CC1O. The molecule has 0 spiro atoms. The van der Waals surface area contributed by atoms with Crippen molar-refractivity contribution in [3.8, 4) is 11.5 Å². The number of aromatic nitrogens is 1. The number of hydrogen-bond acceptors (Lipinski definition) is 5. The number of nitrogens with zero attached hydrogens (tertiary/aromatic N) is 2. The molecule has 19 heavy (non-hydrogen) atoms. The standard InChI is InChI=1S/C14H18N2O3/c1-10-4-5-16(9-12(10)17)8-11-7-14(19-15-11)13-3-2-6-18-13/h2-3,6-7,10,12,17H,4-5,8-9H2,1H3. The molecule has 1 N–H and O–H groups in total. The lowest BCUT2D eigenvalue weighted by Gasteiger charge is -2.33. The van der Waals surface area contributed by atoms with E-state index in [0.717, 1.165) is 18.7 Å². The average molecular weight is 262 g/mol. The Labute approximate surface area is 111 Å². The summed E-state index contributed by atoms with van der Waals surface area (Å²) in [6.07, 6.45) is 2.38. The molecule has 3 heterocycles. The van der Waals surface area contributed by atoms with Gasteiger partial charge in [0.2, 0.25) is 5.76 Å². The molecule has 1 aliphatic heterocycles. The van der Waals surface area contributed by atoms with Crippen LogP contribution in [0, 0.1) is 5.92 Å². The van der Waals surface area contributed by atoms with Crippen LogP contribution in [0.1, 0.15) is 19.0 Å². The van der Waals surface area contributed by atoms with Crippen molar-refractivity contribution in [1.29, 1.82) is 0 Å². The van der Waals surface area contributed by atoms with E-state index in [2.05, 4.69) is 17.0 Å². The van der Waals surface area contributed by atoms with Gasteiger partial charge in [-0.25, -0.2) is 0 Å². The van der Waals surface area contributed by atoms with Gasteiger partial charge in [0.15, 0.2) is 5.76 Å². The monoisotopic (exact) mass is 262 g/mol. The number of rotatable bonds is 3. The van der Waals surface area contributed by atoms with Gasteiger partial charge < -0.3 is 14.0 Å². The highest BCUT2D eigenvalue weighted by Gasteiger charge is 2.24. The summed E-state index contributed by atoms with van der Waals surface area (Å²) in [6.45, 7) is 4.48. The van der Waals surface area contributed by atoms with Crippen LogP contribution in [-0.2, 0) is 6.54 Å². The van der Waals surface area contributed by atoms with E-state index in [9.17, 15) is 5.11 Å². The Bertz CT molecular complexity index is 521. The van der Waals surface area contributed by atoms with Crippen LogP contribution < -0.4 is 0 Å². The fourth-order valence-electron chi connectivity index (χ4n) is 2.41. The van der Waals surface area contributed by atoms with E-state index in [-0.39, 0.29) is 6.10 Å². The summed E-state index contributed by atoms with van der Waals surface area (Å²) in [5.41, 5.74) is 0.869. The molecule has 0 aliphatic carbocycles. The first-order valence-corrected chi connectivity index (χ1v) is 6.62. The first kappa shape index (κ1) is 12.4. The van der Waals surface area contributed by atoms with Gasteiger partial charge >= 0.3 is 0 Å². The minimum atomic E-state index is -0.245. The lowest BCUT2D eigenvalue weighted by Crippen LogP contribution is -2.42. The van der Waals surface area contributed by atoms with Crippen LogP contribution in [0.3, 0.4) is 0 Å². The summed E-state index contributed by atoms with van der Waals surface area (Å²) in [4.78, 5) is 2.20. The molecule has 2 aromatic rings. The Morgan fingerprint density at radius 2 is 2.37 bits per heavy atom. The highest BCUT2D eigenvalue weighted by molar-refractivity contribution is 5.49. The molecule has 0 bridgehead atoms. The van der Waals surface area contributed by atoms with E-state index < -0.39 is 0 Å². The lowest BCUT2D eigenvalue weighted by atomic mass is 9.96. The molecular weight excluding hydrogens is 244 g/mol. The zero-order valence-corrected chi connectivity index (χ0v) is 11.0. The number of likely N-dealkylation sites (tertiary alicyclic amines) is 1. The van der Waals surface area contributed by atoms with Gasteiger partial charge in [0.25, 0.3) is 0 Å². The second-order valence-corrected chi connectivity index (χ2v) is 5.23. The van der Waals surface area contributed by atoms with Crippen molar-refractivity contribution < 1.29 is 14.0 Å². The predicted molar refractivity (Wildman–Crippen MR) is 69.3 cm³/mol. The number of hydrogen-bond donors (Lipinski definition) is 1. The van der Waals surface area contributed by atoms with E-state index >= 15 is 0 Å². The van der Waals surface area contributed by atoms with E-state index in [4.69, 9.17) is 8.94 Å². The smallest absolute Gasteiger partial charge is 0.202 e. The molecule has 0 amide bonds. The zero-order chi connectivity index (χ0) is 13.2. The van der Waals surface area contributed by atoms with E-state index in [1.807, 2.05) is 18.2 Å². The highest BCUT2D eigenvalue weighted by atomic mass is 16.5. The summed E-state index contributed by atoms with van der Waals surface area (Å²) in [6, 6.07) is 5.56. The maximum Gasteiger partial charge on any atom is 0.202 e. The van der Waals surface area contributed by atoms with Crippen molar-refractivity contribution in [2.24, 2.45) is 5.92 Å². The van der Waals surface area contributed by atoms with Crippen LogP contribution >= 0.6 is 0 Å². The van der Waals surface area contributed by atoms with Gasteiger partial charge in [-0.15, -0.1) is 0 Å². The minimum absolute atomic E-state index is 0.245. The summed E-state index contributed by atoms with van der Waals surface area (Å²) in [7, 11) is 0. The van der Waals surface area contributed by atoms with Gasteiger partial charge in [-0.3, -0.25) is 4.90 Å². The summed E-state index contributed by atoms with van der Waals surface area (Å²) < 4.78 is 10.5. The molecule has 2 aromatic heterocycles. The Hall–Kier alpha value is -1.59. The Balaban J connectivity index is 1.64. The molecule has 5 nitrogen and oxygen atoms in total. The third-order valence-corrected chi connectivity index (χ3v) is 3.71. The number of piperidine rings is 1. The van der Waals surface area contributed by atoms with Crippen molar-refractivity contribution in [3.63, 3.8) is 0 Å². The molecule has 0 aromatic carbocycles. The summed E-state index contributed by atoms with van der Waals surface area (Å²) in [5.74, 6) is 1.71. The van der Waals surface area contributed by atoms with Crippen LogP contribution in [0.25, 0.3) is 11.5 Å². The molecule has 102 valence electrons.